The van der Waals surface area contributed by atoms with Crippen LogP contribution in [0.2, 0.25) is 0 Å². The van der Waals surface area contributed by atoms with Gasteiger partial charge >= 0.3 is 0 Å². The summed E-state index contributed by atoms with van der Waals surface area (Å²) in [6.07, 6.45) is 4.42. The normalized spacial score (nSPS) is 21.5. The Morgan fingerprint density at radius 3 is 2.77 bits per heavy atom. The van der Waals surface area contributed by atoms with Gasteiger partial charge in [-0.1, -0.05) is 6.92 Å². The van der Waals surface area contributed by atoms with Crippen molar-refractivity contribution in [1.82, 2.24) is 15.2 Å². The maximum Gasteiger partial charge on any atom is 0.0812 e. The van der Waals surface area contributed by atoms with Gasteiger partial charge in [-0.15, -0.1) is 0 Å². The lowest BCUT2D eigenvalue weighted by molar-refractivity contribution is 0.362. The number of aromatic nitrogens is 2. The second kappa shape index (κ2) is 2.82. The Morgan fingerprint density at radius 1 is 1.69 bits per heavy atom. The SMILES string of the molecule is Cn1ccc(C(NN)C2(C)CC2)n1. The van der Waals surface area contributed by atoms with E-state index in [0.717, 1.165) is 5.69 Å². The van der Waals surface area contributed by atoms with E-state index in [1.54, 1.807) is 0 Å². The molecule has 1 aromatic heterocycles. The minimum absolute atomic E-state index is 0.202. The Labute approximate surface area is 78.1 Å². The molecule has 1 aliphatic carbocycles. The average Bonchev–Trinajstić information content (AvgIpc) is 2.67. The third-order valence-electron chi connectivity index (χ3n) is 2.93. The van der Waals surface area contributed by atoms with Crippen LogP contribution in [-0.4, -0.2) is 9.78 Å². The van der Waals surface area contributed by atoms with E-state index in [9.17, 15) is 0 Å². The number of nitrogens with two attached hydrogens (primary N) is 1. The molecule has 0 aliphatic heterocycles. The Balaban J connectivity index is 2.22. The fraction of sp³-hybridized carbons (Fsp3) is 0.667. The highest BCUT2D eigenvalue weighted by Gasteiger charge is 2.46. The first kappa shape index (κ1) is 8.72. The molecule has 2 rings (SSSR count). The van der Waals surface area contributed by atoms with Crippen molar-refractivity contribution in [1.29, 1.82) is 0 Å². The molecule has 1 saturated carbocycles. The highest BCUT2D eigenvalue weighted by Crippen LogP contribution is 2.53. The predicted molar refractivity (Wildman–Crippen MR) is 50.6 cm³/mol. The summed E-state index contributed by atoms with van der Waals surface area (Å²) in [5, 5.41) is 4.36. The van der Waals surface area contributed by atoms with Gasteiger partial charge < -0.3 is 0 Å². The van der Waals surface area contributed by atoms with Crippen LogP contribution in [0.15, 0.2) is 12.3 Å². The molecule has 1 aliphatic rings. The summed E-state index contributed by atoms with van der Waals surface area (Å²) in [5.74, 6) is 5.54. The van der Waals surface area contributed by atoms with Crippen molar-refractivity contribution >= 4 is 0 Å². The zero-order chi connectivity index (χ0) is 9.47. The van der Waals surface area contributed by atoms with Gasteiger partial charge in [0, 0.05) is 13.2 Å². The second-order valence-electron chi connectivity index (χ2n) is 4.17. The van der Waals surface area contributed by atoms with Crippen molar-refractivity contribution in [2.75, 3.05) is 0 Å². The lowest BCUT2D eigenvalue weighted by atomic mass is 9.97. The molecule has 13 heavy (non-hydrogen) atoms. The van der Waals surface area contributed by atoms with E-state index in [4.69, 9.17) is 5.84 Å². The van der Waals surface area contributed by atoms with Crippen molar-refractivity contribution < 1.29 is 0 Å². The minimum atomic E-state index is 0.202. The van der Waals surface area contributed by atoms with E-state index in [2.05, 4.69) is 17.4 Å². The number of hydrazine groups is 1. The van der Waals surface area contributed by atoms with Gasteiger partial charge in [-0.2, -0.15) is 5.10 Å². The van der Waals surface area contributed by atoms with Gasteiger partial charge in [0.1, 0.15) is 0 Å². The molecule has 0 bridgehead atoms. The molecule has 1 aromatic rings. The first-order valence-electron chi connectivity index (χ1n) is 4.61. The predicted octanol–water partition coefficient (Wildman–Crippen LogP) is 0.725. The van der Waals surface area contributed by atoms with Crippen molar-refractivity contribution in [2.45, 2.75) is 25.8 Å². The van der Waals surface area contributed by atoms with Gasteiger partial charge in [0.25, 0.3) is 0 Å². The fourth-order valence-electron chi connectivity index (χ4n) is 1.72. The van der Waals surface area contributed by atoms with Gasteiger partial charge in [0.15, 0.2) is 0 Å². The van der Waals surface area contributed by atoms with E-state index < -0.39 is 0 Å². The molecule has 4 heteroatoms. The number of nitrogens with zero attached hydrogens (tertiary/aromatic N) is 2. The fourth-order valence-corrected chi connectivity index (χ4v) is 1.72. The van der Waals surface area contributed by atoms with Crippen molar-refractivity contribution in [3.05, 3.63) is 18.0 Å². The molecular weight excluding hydrogens is 164 g/mol. The van der Waals surface area contributed by atoms with Crippen LogP contribution in [0.3, 0.4) is 0 Å². The topological polar surface area (TPSA) is 55.9 Å². The zero-order valence-corrected chi connectivity index (χ0v) is 8.12. The van der Waals surface area contributed by atoms with Gasteiger partial charge in [-0.05, 0) is 24.3 Å². The number of hydrogen-bond donors (Lipinski definition) is 2. The van der Waals surface area contributed by atoms with E-state index in [0.29, 0.717) is 5.41 Å². The number of aryl methyl sites for hydroxylation is 1. The Morgan fingerprint density at radius 2 is 2.38 bits per heavy atom. The zero-order valence-electron chi connectivity index (χ0n) is 8.12. The molecule has 0 amide bonds. The third kappa shape index (κ3) is 1.47. The number of rotatable bonds is 3. The highest BCUT2D eigenvalue weighted by atomic mass is 15.3. The number of hydrogen-bond acceptors (Lipinski definition) is 3. The van der Waals surface area contributed by atoms with Crippen molar-refractivity contribution in [3.63, 3.8) is 0 Å². The smallest absolute Gasteiger partial charge is 0.0812 e. The summed E-state index contributed by atoms with van der Waals surface area (Å²) in [6, 6.07) is 2.22. The molecular formula is C9H16N4. The van der Waals surface area contributed by atoms with E-state index in [1.165, 1.54) is 12.8 Å². The van der Waals surface area contributed by atoms with Crippen LogP contribution in [-0.2, 0) is 7.05 Å². The molecule has 0 spiro atoms. The van der Waals surface area contributed by atoms with Crippen molar-refractivity contribution in [2.24, 2.45) is 18.3 Å². The quantitative estimate of drug-likeness (QED) is 0.532. The van der Waals surface area contributed by atoms with Crippen LogP contribution >= 0.6 is 0 Å². The van der Waals surface area contributed by atoms with Gasteiger partial charge in [-0.25, -0.2) is 0 Å². The van der Waals surface area contributed by atoms with Crippen molar-refractivity contribution in [3.8, 4) is 0 Å². The molecule has 0 saturated heterocycles. The second-order valence-corrected chi connectivity index (χ2v) is 4.17. The monoisotopic (exact) mass is 180 g/mol. The molecule has 1 fully saturated rings. The summed E-state index contributed by atoms with van der Waals surface area (Å²) in [5.41, 5.74) is 4.23. The van der Waals surface area contributed by atoms with Crippen LogP contribution in [0.5, 0.6) is 0 Å². The molecule has 1 atom stereocenters. The Hall–Kier alpha value is -0.870. The first-order valence-corrected chi connectivity index (χ1v) is 4.61. The number of nitrogens with one attached hydrogen (secondary N) is 1. The highest BCUT2D eigenvalue weighted by molar-refractivity contribution is 5.13. The molecule has 0 radical (unpaired) electrons. The summed E-state index contributed by atoms with van der Waals surface area (Å²) < 4.78 is 1.81. The summed E-state index contributed by atoms with van der Waals surface area (Å²) in [4.78, 5) is 0. The van der Waals surface area contributed by atoms with Crippen LogP contribution in [0.4, 0.5) is 0 Å². The van der Waals surface area contributed by atoms with Gasteiger partial charge in [0.05, 0.1) is 11.7 Å². The average molecular weight is 180 g/mol. The molecule has 4 nitrogen and oxygen atoms in total. The summed E-state index contributed by atoms with van der Waals surface area (Å²) in [7, 11) is 1.92. The summed E-state index contributed by atoms with van der Waals surface area (Å²) in [6.45, 7) is 2.24. The summed E-state index contributed by atoms with van der Waals surface area (Å²) >= 11 is 0. The van der Waals surface area contributed by atoms with E-state index in [1.807, 2.05) is 24.0 Å². The minimum Gasteiger partial charge on any atom is -0.275 e. The van der Waals surface area contributed by atoms with Crippen LogP contribution < -0.4 is 11.3 Å². The Bertz CT molecular complexity index is 300. The van der Waals surface area contributed by atoms with Crippen LogP contribution in [0, 0.1) is 5.41 Å². The lowest BCUT2D eigenvalue weighted by Gasteiger charge is -2.20. The van der Waals surface area contributed by atoms with Crippen LogP contribution in [0.1, 0.15) is 31.5 Å². The van der Waals surface area contributed by atoms with E-state index in [-0.39, 0.29) is 6.04 Å². The molecule has 1 heterocycles. The van der Waals surface area contributed by atoms with Gasteiger partial charge in [0.2, 0.25) is 0 Å². The molecule has 3 N–H and O–H groups in total. The maximum atomic E-state index is 5.54. The van der Waals surface area contributed by atoms with Crippen LogP contribution in [0.25, 0.3) is 0 Å². The van der Waals surface area contributed by atoms with E-state index >= 15 is 0 Å². The molecule has 0 aromatic carbocycles. The largest absolute Gasteiger partial charge is 0.275 e. The Kier molecular flexibility index (Phi) is 1.89. The maximum absolute atomic E-state index is 5.54. The molecule has 72 valence electrons. The molecule has 1 unspecified atom stereocenters. The van der Waals surface area contributed by atoms with Gasteiger partial charge in [-0.3, -0.25) is 16.0 Å². The lowest BCUT2D eigenvalue weighted by Crippen LogP contribution is -2.33. The first-order chi connectivity index (χ1) is 6.15. The third-order valence-corrected chi connectivity index (χ3v) is 2.93. The standard InChI is InChI=1S/C9H16N4/c1-9(4-5-9)8(11-10)7-3-6-13(2)12-7/h3,6,8,11H,4-5,10H2,1-2H3.